The van der Waals surface area contributed by atoms with Crippen LogP contribution < -0.4 is 0 Å². The summed E-state index contributed by atoms with van der Waals surface area (Å²) in [5, 5.41) is 29.0. The highest BCUT2D eigenvalue weighted by molar-refractivity contribution is 6.26. The number of nitriles is 1. The van der Waals surface area contributed by atoms with Gasteiger partial charge in [0.05, 0.1) is 34.8 Å². The lowest BCUT2D eigenvalue weighted by molar-refractivity contribution is 1.07. The van der Waals surface area contributed by atoms with E-state index in [1.54, 1.807) is 0 Å². The Hall–Kier alpha value is -13.6. The average molecular weight is 1240 g/mol. The van der Waals surface area contributed by atoms with E-state index in [-0.39, 0.29) is 0 Å². The van der Waals surface area contributed by atoms with Crippen molar-refractivity contribution in [1.29, 1.82) is 5.26 Å². The molecule has 0 saturated carbocycles. The molecular formula is C91H53N7. The van der Waals surface area contributed by atoms with E-state index in [4.69, 9.17) is 21.5 Å². The summed E-state index contributed by atoms with van der Waals surface area (Å²) in [6, 6.07) is 116. The lowest BCUT2D eigenvalue weighted by atomic mass is 9.89. The zero-order chi connectivity index (χ0) is 65.0. The summed E-state index contributed by atoms with van der Waals surface area (Å²) >= 11 is 0. The molecule has 0 spiro atoms. The molecule has 0 bridgehead atoms. The van der Waals surface area contributed by atoms with Crippen molar-refractivity contribution in [3.05, 3.63) is 338 Å². The molecule has 20 aromatic rings. The average Bonchev–Trinajstić information content (AvgIpc) is 0.857. The van der Waals surface area contributed by atoms with Gasteiger partial charge in [-0.2, -0.15) is 5.26 Å². The third kappa shape index (κ3) is 9.29. The van der Waals surface area contributed by atoms with Crippen LogP contribution in [0.5, 0.6) is 0 Å². The van der Waals surface area contributed by atoms with Gasteiger partial charge in [0.15, 0.2) is 23.2 Å². The van der Waals surface area contributed by atoms with Crippen LogP contribution in [0.1, 0.15) is 5.56 Å². The summed E-state index contributed by atoms with van der Waals surface area (Å²) in [7, 11) is 0. The maximum absolute atomic E-state index is 9.60. The zero-order valence-corrected chi connectivity index (χ0v) is 52.7. The molecule has 7 heteroatoms. The number of para-hydroxylation sites is 2. The van der Waals surface area contributed by atoms with Crippen LogP contribution in [0.4, 0.5) is 5.69 Å². The molecule has 0 amide bonds. The van der Waals surface area contributed by atoms with Gasteiger partial charge < -0.3 is 9.13 Å². The minimum atomic E-state index is 0.633. The van der Waals surface area contributed by atoms with Crippen LogP contribution in [0, 0.1) is 17.9 Å². The van der Waals surface area contributed by atoms with E-state index < -0.39 is 0 Å². The van der Waals surface area contributed by atoms with Gasteiger partial charge in [-0.3, -0.25) is 0 Å². The summed E-state index contributed by atoms with van der Waals surface area (Å²) in [6.45, 7) is 7.66. The molecule has 0 radical (unpaired) electrons. The van der Waals surface area contributed by atoms with Crippen LogP contribution in [0.15, 0.2) is 322 Å². The van der Waals surface area contributed by atoms with E-state index in [0.717, 1.165) is 93.6 Å². The highest BCUT2D eigenvalue weighted by Crippen LogP contribution is 2.45. The molecule has 0 saturated heterocycles. The molecule has 20 rings (SSSR count). The second-order valence-electron chi connectivity index (χ2n) is 25.3. The van der Waals surface area contributed by atoms with E-state index in [0.29, 0.717) is 28.7 Å². The Balaban J connectivity index is 0.000000141. The molecule has 0 fully saturated rings. The third-order valence-corrected chi connectivity index (χ3v) is 19.6. The molecule has 17 aromatic carbocycles. The van der Waals surface area contributed by atoms with Gasteiger partial charge in [-0.05, 0) is 207 Å². The second-order valence-corrected chi connectivity index (χ2v) is 25.3. The van der Waals surface area contributed by atoms with E-state index >= 15 is 0 Å². The van der Waals surface area contributed by atoms with Crippen molar-refractivity contribution in [2.75, 3.05) is 0 Å². The molecule has 0 aliphatic heterocycles. The minimum Gasteiger partial charge on any atom is -0.310 e. The highest BCUT2D eigenvalue weighted by Gasteiger charge is 2.21. The molecule has 452 valence electrons. The molecule has 3 aromatic heterocycles. The van der Waals surface area contributed by atoms with Gasteiger partial charge in [0.1, 0.15) is 0 Å². The van der Waals surface area contributed by atoms with Crippen LogP contribution in [0.3, 0.4) is 0 Å². The zero-order valence-electron chi connectivity index (χ0n) is 52.7. The molecular weight excluding hydrogens is 1190 g/mol. The Morgan fingerprint density at radius 3 is 1.01 bits per heavy atom. The molecule has 3 heterocycles. The lowest BCUT2D eigenvalue weighted by Crippen LogP contribution is -2.00. The van der Waals surface area contributed by atoms with E-state index in [9.17, 15) is 5.26 Å². The molecule has 0 unspecified atom stereocenters. The van der Waals surface area contributed by atoms with Crippen molar-refractivity contribution in [2.24, 2.45) is 0 Å². The smallest absolute Gasteiger partial charge is 0.189 e. The van der Waals surface area contributed by atoms with Gasteiger partial charge in [-0.25, -0.2) is 19.8 Å². The van der Waals surface area contributed by atoms with E-state index in [2.05, 4.69) is 245 Å². The highest BCUT2D eigenvalue weighted by atomic mass is 15.0. The molecule has 0 atom stereocenters. The Morgan fingerprint density at radius 1 is 0.265 bits per heavy atom. The normalized spacial score (nSPS) is 11.7. The molecule has 7 nitrogen and oxygen atoms in total. The van der Waals surface area contributed by atoms with Crippen molar-refractivity contribution in [3.8, 4) is 85.0 Å². The number of benzene rings is 17. The van der Waals surface area contributed by atoms with Crippen LogP contribution in [-0.2, 0) is 0 Å². The second kappa shape index (κ2) is 22.6. The number of fused-ring (bicyclic) bond motifs is 6. The minimum absolute atomic E-state index is 0.633. The molecule has 0 aliphatic carbocycles. The first-order valence-corrected chi connectivity index (χ1v) is 32.9. The van der Waals surface area contributed by atoms with Crippen LogP contribution >= 0.6 is 0 Å². The van der Waals surface area contributed by atoms with Gasteiger partial charge in [-0.15, -0.1) is 0 Å². The van der Waals surface area contributed by atoms with Crippen molar-refractivity contribution in [2.45, 2.75) is 0 Å². The SMILES string of the molecule is N#Cc1ccc2c(c1)c1ccc(-c3cc4ccc5cc(-c6ccccc6)cc6ccc(c3)c4c56)cc1n2-c1ccccc1.[C-]#[N+]c1ccc2c3ccc(-c4cc5ccc6cc(-c7nc(-c8ccccc8)nc(-c8ccccc8)n7)cc7ccc(c4)c5c67)cc3n(-c3ccccc3)c2c1. The fraction of sp³-hybridized carbons (Fsp3) is 0. The number of rotatable bonds is 8. The monoisotopic (exact) mass is 1240 g/mol. The van der Waals surface area contributed by atoms with Gasteiger partial charge in [0, 0.05) is 55.1 Å². The van der Waals surface area contributed by atoms with Crippen molar-refractivity contribution >= 4 is 114 Å². The number of nitrogens with zero attached hydrogens (tertiary/aromatic N) is 7. The summed E-state index contributed by atoms with van der Waals surface area (Å²) in [6.07, 6.45) is 0. The molecule has 0 aliphatic rings. The van der Waals surface area contributed by atoms with Crippen molar-refractivity contribution < 1.29 is 0 Å². The Kier molecular flexibility index (Phi) is 12.9. The van der Waals surface area contributed by atoms with Crippen LogP contribution in [0.2, 0.25) is 0 Å². The van der Waals surface area contributed by atoms with Crippen molar-refractivity contribution in [3.63, 3.8) is 0 Å². The van der Waals surface area contributed by atoms with Gasteiger partial charge in [0.2, 0.25) is 0 Å². The topological polar surface area (TPSA) is 76.7 Å². The summed E-state index contributed by atoms with van der Waals surface area (Å²) in [4.78, 5) is 18.7. The Labute approximate surface area is 563 Å². The van der Waals surface area contributed by atoms with Crippen LogP contribution in [0.25, 0.3) is 192 Å². The predicted octanol–water partition coefficient (Wildman–Crippen LogP) is 24.0. The van der Waals surface area contributed by atoms with Gasteiger partial charge in [-0.1, -0.05) is 212 Å². The number of hydrogen-bond donors (Lipinski definition) is 0. The maximum atomic E-state index is 9.60. The van der Waals surface area contributed by atoms with E-state index in [1.807, 2.05) is 97.1 Å². The number of aromatic nitrogens is 5. The first-order valence-electron chi connectivity index (χ1n) is 32.9. The molecule has 98 heavy (non-hydrogen) atoms. The van der Waals surface area contributed by atoms with Gasteiger partial charge >= 0.3 is 0 Å². The predicted molar refractivity (Wildman–Crippen MR) is 406 cm³/mol. The molecule has 0 N–H and O–H groups in total. The largest absolute Gasteiger partial charge is 0.310 e. The summed E-state index contributed by atoms with van der Waals surface area (Å²) < 4.78 is 4.59. The first-order chi connectivity index (χ1) is 48.4. The fourth-order valence-electron chi connectivity index (χ4n) is 15.1. The Bertz CT molecular complexity index is 6470. The standard InChI is InChI=1S/C50H29N5.C41H24N2/c1-51-40-22-24-43-42-23-21-33(29-44(42)55(45(43)30-40)41-15-9-4-10-16-41)38-25-34-17-19-36-27-39(28-37-20-18-35(26-38)46(34)47(36)37)50-53-48(31-11-5-2-6-12-31)52-49(54-50)32-13-7-3-8-14-32;42-25-26-11-18-38-37(19-26)36-17-16-28(24-39(36)43(38)35-9-5-2-6-10-35)34-22-31-14-12-29-20-33(27-7-3-1-4-8-27)21-30-13-15-32(23-34)41(31)40(29)30/h2-30H;1-24H. The summed E-state index contributed by atoms with van der Waals surface area (Å²) in [5.41, 5.74) is 17.9. The maximum Gasteiger partial charge on any atom is 0.189 e. The fourth-order valence-corrected chi connectivity index (χ4v) is 15.1. The van der Waals surface area contributed by atoms with Crippen LogP contribution in [-0.4, -0.2) is 24.1 Å². The number of hydrogen-bond acceptors (Lipinski definition) is 4. The quantitative estimate of drug-likeness (QED) is 0.112. The Morgan fingerprint density at radius 2 is 0.602 bits per heavy atom. The lowest BCUT2D eigenvalue weighted by Gasteiger charge is -2.15. The summed E-state index contributed by atoms with van der Waals surface area (Å²) in [5.74, 6) is 1.95. The van der Waals surface area contributed by atoms with Gasteiger partial charge in [0.25, 0.3) is 0 Å². The first kappa shape index (κ1) is 56.0. The third-order valence-electron chi connectivity index (χ3n) is 19.6. The van der Waals surface area contributed by atoms with E-state index in [1.165, 1.54) is 76.1 Å². The van der Waals surface area contributed by atoms with Crippen molar-refractivity contribution in [1.82, 2.24) is 24.1 Å².